The number of furan rings is 1. The first-order valence-electron chi connectivity index (χ1n) is 7.33. The number of para-hydroxylation sites is 1. The molecule has 3 heteroatoms. The normalized spacial score (nSPS) is 14.2. The molecule has 3 aromatic rings. The summed E-state index contributed by atoms with van der Waals surface area (Å²) in [6.45, 7) is 2.17. The van der Waals surface area contributed by atoms with Crippen LogP contribution in [0.3, 0.4) is 0 Å². The largest absolute Gasteiger partial charge is 0.459 e. The molecule has 3 rings (SSSR count). The van der Waals surface area contributed by atoms with Crippen molar-refractivity contribution in [3.05, 3.63) is 72.0 Å². The van der Waals surface area contributed by atoms with Crippen LogP contribution in [0.4, 0.5) is 0 Å². The zero-order valence-electron chi connectivity index (χ0n) is 12.1. The number of rotatable bonds is 5. The highest BCUT2D eigenvalue weighted by atomic mass is 16.3. The Kier molecular flexibility index (Phi) is 4.04. The van der Waals surface area contributed by atoms with Crippen LogP contribution < -0.4 is 11.3 Å². The van der Waals surface area contributed by atoms with Gasteiger partial charge in [0.15, 0.2) is 0 Å². The zero-order valence-corrected chi connectivity index (χ0v) is 12.1. The summed E-state index contributed by atoms with van der Waals surface area (Å²) < 4.78 is 5.98. The second-order valence-corrected chi connectivity index (χ2v) is 5.26. The van der Waals surface area contributed by atoms with E-state index < -0.39 is 0 Å². The molecular formula is C18H20N2O. The van der Waals surface area contributed by atoms with Gasteiger partial charge in [0.05, 0.1) is 6.04 Å². The number of hydrogen-bond acceptors (Lipinski definition) is 3. The third-order valence-corrected chi connectivity index (χ3v) is 4.00. The summed E-state index contributed by atoms with van der Waals surface area (Å²) in [7, 11) is 0. The van der Waals surface area contributed by atoms with E-state index >= 15 is 0 Å². The van der Waals surface area contributed by atoms with Crippen molar-refractivity contribution in [2.45, 2.75) is 25.3 Å². The molecule has 0 spiro atoms. The molecule has 0 fully saturated rings. The maximum atomic E-state index is 5.98. The lowest BCUT2D eigenvalue weighted by molar-refractivity contribution is 0.375. The first-order chi connectivity index (χ1) is 10.3. The monoisotopic (exact) mass is 280 g/mol. The average molecular weight is 280 g/mol. The molecule has 0 saturated heterocycles. The van der Waals surface area contributed by atoms with Crippen LogP contribution in [0.5, 0.6) is 0 Å². The molecule has 2 aromatic carbocycles. The van der Waals surface area contributed by atoms with Crippen LogP contribution >= 0.6 is 0 Å². The minimum absolute atomic E-state index is 0.0372. The van der Waals surface area contributed by atoms with E-state index in [1.54, 1.807) is 0 Å². The van der Waals surface area contributed by atoms with E-state index in [-0.39, 0.29) is 12.0 Å². The number of hydrogen-bond donors (Lipinski definition) is 2. The van der Waals surface area contributed by atoms with E-state index in [2.05, 4.69) is 48.7 Å². The van der Waals surface area contributed by atoms with Crippen LogP contribution in [0.15, 0.2) is 65.1 Å². The smallest absolute Gasteiger partial charge is 0.134 e. The number of benzene rings is 2. The summed E-state index contributed by atoms with van der Waals surface area (Å²) in [6.07, 6.45) is 0.982. The summed E-state index contributed by atoms with van der Waals surface area (Å²) in [5.41, 5.74) is 5.10. The quantitative estimate of drug-likeness (QED) is 0.545. The molecule has 1 aromatic heterocycles. The van der Waals surface area contributed by atoms with Gasteiger partial charge < -0.3 is 4.42 Å². The Morgan fingerprint density at radius 1 is 1.05 bits per heavy atom. The van der Waals surface area contributed by atoms with Gasteiger partial charge in [0.25, 0.3) is 0 Å². The van der Waals surface area contributed by atoms with E-state index in [9.17, 15) is 0 Å². The van der Waals surface area contributed by atoms with Gasteiger partial charge in [-0.25, -0.2) is 5.43 Å². The fraction of sp³-hybridized carbons (Fsp3) is 0.222. The molecule has 0 aliphatic heterocycles. The topological polar surface area (TPSA) is 51.2 Å². The third-order valence-electron chi connectivity index (χ3n) is 4.00. The summed E-state index contributed by atoms with van der Waals surface area (Å²) >= 11 is 0. The maximum Gasteiger partial charge on any atom is 0.134 e. The molecule has 0 saturated carbocycles. The van der Waals surface area contributed by atoms with Crippen LogP contribution in [-0.2, 0) is 0 Å². The first kappa shape index (κ1) is 13.9. The summed E-state index contributed by atoms with van der Waals surface area (Å²) in [5, 5.41) is 1.11. The molecule has 0 radical (unpaired) electrons. The van der Waals surface area contributed by atoms with Gasteiger partial charge in [-0.1, -0.05) is 55.5 Å². The van der Waals surface area contributed by atoms with E-state index in [1.807, 2.05) is 24.3 Å². The lowest BCUT2D eigenvalue weighted by atomic mass is 9.88. The van der Waals surface area contributed by atoms with Crippen molar-refractivity contribution < 1.29 is 4.42 Å². The molecule has 21 heavy (non-hydrogen) atoms. The highest BCUT2D eigenvalue weighted by Crippen LogP contribution is 2.35. The second kappa shape index (κ2) is 6.12. The van der Waals surface area contributed by atoms with Crippen LogP contribution in [0.25, 0.3) is 11.0 Å². The van der Waals surface area contributed by atoms with Crippen molar-refractivity contribution in [2.75, 3.05) is 0 Å². The van der Waals surface area contributed by atoms with Crippen molar-refractivity contribution in [1.82, 2.24) is 5.43 Å². The molecule has 0 aliphatic carbocycles. The lowest BCUT2D eigenvalue weighted by Gasteiger charge is -2.24. The molecule has 3 N–H and O–H groups in total. The van der Waals surface area contributed by atoms with E-state index in [0.29, 0.717) is 0 Å². The highest BCUT2D eigenvalue weighted by molar-refractivity contribution is 5.77. The van der Waals surface area contributed by atoms with Crippen LogP contribution in [-0.4, -0.2) is 0 Å². The van der Waals surface area contributed by atoms with Crippen molar-refractivity contribution in [3.63, 3.8) is 0 Å². The van der Waals surface area contributed by atoms with Gasteiger partial charge in [0.1, 0.15) is 11.3 Å². The average Bonchev–Trinajstić information content (AvgIpc) is 2.96. The van der Waals surface area contributed by atoms with Crippen LogP contribution in [0.1, 0.15) is 36.6 Å². The molecule has 2 atom stereocenters. The second-order valence-electron chi connectivity index (χ2n) is 5.26. The molecule has 0 amide bonds. The Balaban J connectivity index is 1.99. The minimum atomic E-state index is -0.0372. The Morgan fingerprint density at radius 3 is 2.43 bits per heavy atom. The van der Waals surface area contributed by atoms with Gasteiger partial charge in [0, 0.05) is 11.3 Å². The first-order valence-corrected chi connectivity index (χ1v) is 7.33. The molecular weight excluding hydrogens is 260 g/mol. The maximum absolute atomic E-state index is 5.98. The summed E-state index contributed by atoms with van der Waals surface area (Å²) in [5.74, 6) is 6.99. The molecule has 0 aliphatic rings. The minimum Gasteiger partial charge on any atom is -0.459 e. The highest BCUT2D eigenvalue weighted by Gasteiger charge is 2.25. The van der Waals surface area contributed by atoms with Gasteiger partial charge in [-0.15, -0.1) is 0 Å². The third kappa shape index (κ3) is 2.71. The fourth-order valence-corrected chi connectivity index (χ4v) is 2.92. The predicted octanol–water partition coefficient (Wildman–Crippen LogP) is 4.13. The Labute approximate surface area is 124 Å². The van der Waals surface area contributed by atoms with Crippen LogP contribution in [0, 0.1) is 0 Å². The van der Waals surface area contributed by atoms with Crippen molar-refractivity contribution in [3.8, 4) is 0 Å². The Morgan fingerprint density at radius 2 is 1.76 bits per heavy atom. The number of hydrazine groups is 1. The van der Waals surface area contributed by atoms with Gasteiger partial charge in [-0.05, 0) is 24.1 Å². The van der Waals surface area contributed by atoms with Gasteiger partial charge in [0.2, 0.25) is 0 Å². The summed E-state index contributed by atoms with van der Waals surface area (Å²) in [4.78, 5) is 0. The molecule has 1 heterocycles. The Bertz CT molecular complexity index is 672. The Hall–Kier alpha value is -2.10. The van der Waals surface area contributed by atoms with Gasteiger partial charge in [-0.2, -0.15) is 0 Å². The van der Waals surface area contributed by atoms with Crippen molar-refractivity contribution in [1.29, 1.82) is 0 Å². The SMILES string of the molecule is CCC(c1ccccc1)C(NN)c1cc2ccccc2o1. The number of fused-ring (bicyclic) bond motifs is 1. The van der Waals surface area contributed by atoms with Crippen molar-refractivity contribution in [2.24, 2.45) is 5.84 Å². The number of nitrogens with two attached hydrogens (primary N) is 1. The lowest BCUT2D eigenvalue weighted by Crippen LogP contribution is -2.32. The standard InChI is InChI=1S/C18H20N2O/c1-2-15(13-8-4-3-5-9-13)18(20-19)17-12-14-10-6-7-11-16(14)21-17/h3-12,15,18,20H,2,19H2,1H3. The van der Waals surface area contributed by atoms with Crippen molar-refractivity contribution >= 4 is 11.0 Å². The summed E-state index contributed by atoms with van der Waals surface area (Å²) in [6, 6.07) is 20.5. The van der Waals surface area contributed by atoms with Gasteiger partial charge in [-0.3, -0.25) is 5.84 Å². The van der Waals surface area contributed by atoms with Crippen LogP contribution in [0.2, 0.25) is 0 Å². The zero-order chi connectivity index (χ0) is 14.7. The van der Waals surface area contributed by atoms with E-state index in [0.717, 1.165) is 23.2 Å². The van der Waals surface area contributed by atoms with E-state index in [4.69, 9.17) is 10.3 Å². The molecule has 108 valence electrons. The molecule has 0 bridgehead atoms. The van der Waals surface area contributed by atoms with Gasteiger partial charge >= 0.3 is 0 Å². The predicted molar refractivity (Wildman–Crippen MR) is 85.8 cm³/mol. The molecule has 3 nitrogen and oxygen atoms in total. The fourth-order valence-electron chi connectivity index (χ4n) is 2.92. The van der Waals surface area contributed by atoms with E-state index in [1.165, 1.54) is 5.56 Å². The number of nitrogens with one attached hydrogen (secondary N) is 1. The molecule has 2 unspecified atom stereocenters.